The summed E-state index contributed by atoms with van der Waals surface area (Å²) in [4.78, 5) is 18.0. The maximum Gasteiger partial charge on any atom is 0.319 e. The van der Waals surface area contributed by atoms with Crippen LogP contribution in [0.3, 0.4) is 0 Å². The molecule has 9 nitrogen and oxygen atoms in total. The van der Waals surface area contributed by atoms with Crippen LogP contribution in [0.5, 0.6) is 17.6 Å². The molecule has 3 aliphatic rings. The van der Waals surface area contributed by atoms with Gasteiger partial charge in [-0.1, -0.05) is 40.7 Å². The van der Waals surface area contributed by atoms with Crippen LogP contribution in [-0.4, -0.2) is 81.6 Å². The van der Waals surface area contributed by atoms with Crippen LogP contribution < -0.4 is 14.4 Å². The molecule has 0 aliphatic carbocycles. The van der Waals surface area contributed by atoms with Gasteiger partial charge in [-0.3, -0.25) is 4.90 Å². The van der Waals surface area contributed by atoms with Gasteiger partial charge in [0.2, 0.25) is 5.88 Å². The smallest absolute Gasteiger partial charge is 0.319 e. The lowest BCUT2D eigenvalue weighted by atomic mass is 9.94. The van der Waals surface area contributed by atoms with E-state index in [0.717, 1.165) is 38.8 Å². The molecule has 0 radical (unpaired) electrons. The third-order valence-corrected chi connectivity index (χ3v) is 9.26. The number of aliphatic hydroxyl groups is 1. The number of aliphatic hydroxyl groups excluding tert-OH is 1. The van der Waals surface area contributed by atoms with Crippen molar-refractivity contribution in [1.29, 1.82) is 0 Å². The number of pyridine rings is 1. The van der Waals surface area contributed by atoms with E-state index in [9.17, 15) is 14.6 Å². The number of nitrogens with zero attached hydrogens (tertiary/aromatic N) is 5. The zero-order chi connectivity index (χ0) is 33.2. The molecule has 2 fully saturated rings. The fourth-order valence-electron chi connectivity index (χ4n) is 7.03. The number of ether oxygens (including phenoxy) is 2. The molecule has 7 rings (SSSR count). The minimum absolute atomic E-state index is 0.0270. The summed E-state index contributed by atoms with van der Waals surface area (Å²) in [5.41, 5.74) is 0.365. The first-order chi connectivity index (χ1) is 22.3. The van der Waals surface area contributed by atoms with Crippen molar-refractivity contribution in [3.05, 3.63) is 41.5 Å². The highest BCUT2D eigenvalue weighted by Crippen LogP contribution is 2.44. The Morgan fingerprint density at radius 3 is 2.41 bits per heavy atom. The van der Waals surface area contributed by atoms with E-state index in [1.807, 2.05) is 34.6 Å². The van der Waals surface area contributed by atoms with Crippen molar-refractivity contribution < 1.29 is 28.5 Å². The number of phenols is 1. The largest absolute Gasteiger partial charge is 0.508 e. The number of hydrogen-bond donors (Lipinski definition) is 2. The number of benzene rings is 2. The summed E-state index contributed by atoms with van der Waals surface area (Å²) in [5, 5.41) is 21.9. The Morgan fingerprint density at radius 1 is 1.02 bits per heavy atom. The van der Waals surface area contributed by atoms with E-state index in [1.54, 1.807) is 18.0 Å². The molecular weight excluding hydrogens is 592 g/mol. The molecule has 0 amide bonds. The van der Waals surface area contributed by atoms with Gasteiger partial charge in [-0.2, -0.15) is 9.97 Å². The fourth-order valence-corrected chi connectivity index (χ4v) is 7.03. The second-order valence-electron chi connectivity index (χ2n) is 11.6. The van der Waals surface area contributed by atoms with E-state index in [1.165, 1.54) is 18.2 Å². The topological polar surface area (TPSA) is 104 Å². The van der Waals surface area contributed by atoms with Crippen LogP contribution >= 0.6 is 0 Å². The fraction of sp³-hybridized carbons (Fsp3) is 0.514. The number of likely N-dealkylation sites (N-methyl/N-ethyl adjacent to an activating group) is 1. The average molecular weight is 638 g/mol. The van der Waals surface area contributed by atoms with Crippen molar-refractivity contribution in [2.45, 2.75) is 78.3 Å². The molecule has 0 saturated carbocycles. The highest BCUT2D eigenvalue weighted by atomic mass is 19.1. The van der Waals surface area contributed by atoms with Crippen LogP contribution in [-0.2, 0) is 6.42 Å². The number of phenolic OH excluding ortho intramolecular Hbond substituents is 1. The molecule has 4 aromatic rings. The van der Waals surface area contributed by atoms with Crippen LogP contribution in [0.1, 0.15) is 65.9 Å². The Bertz CT molecular complexity index is 1710. The number of aromatic hydroxyl groups is 1. The lowest BCUT2D eigenvalue weighted by Gasteiger charge is -2.31. The highest BCUT2D eigenvalue weighted by molar-refractivity contribution is 6.03. The van der Waals surface area contributed by atoms with Crippen molar-refractivity contribution in [2.75, 3.05) is 44.9 Å². The summed E-state index contributed by atoms with van der Waals surface area (Å²) >= 11 is 0. The molecule has 248 valence electrons. The third kappa shape index (κ3) is 5.68. The third-order valence-electron chi connectivity index (χ3n) is 9.26. The van der Waals surface area contributed by atoms with Crippen molar-refractivity contribution in [3.8, 4) is 28.9 Å². The average Bonchev–Trinajstić information content (AvgIpc) is 3.63. The Kier molecular flexibility index (Phi) is 10.1. The minimum Gasteiger partial charge on any atom is -0.508 e. The number of hydrogen-bond acceptors (Lipinski definition) is 9. The maximum atomic E-state index is 16.7. The summed E-state index contributed by atoms with van der Waals surface area (Å²) in [6.07, 6.45) is 4.63. The van der Waals surface area contributed by atoms with Crippen molar-refractivity contribution >= 4 is 27.5 Å². The van der Waals surface area contributed by atoms with E-state index < -0.39 is 17.7 Å². The summed E-state index contributed by atoms with van der Waals surface area (Å²) in [6.45, 7) is 12.1. The van der Waals surface area contributed by atoms with Crippen molar-refractivity contribution in [3.63, 3.8) is 0 Å². The normalized spacial score (nSPS) is 18.3. The number of aromatic nitrogens is 3. The molecule has 11 heteroatoms. The predicted molar refractivity (Wildman–Crippen MR) is 177 cm³/mol. The van der Waals surface area contributed by atoms with Crippen LogP contribution in [0.25, 0.3) is 32.9 Å². The zero-order valence-corrected chi connectivity index (χ0v) is 27.7. The molecule has 2 N–H and O–H groups in total. The molecule has 2 saturated heterocycles. The number of rotatable bonds is 6. The molecule has 0 bridgehead atoms. The molecule has 3 aliphatic heterocycles. The minimum atomic E-state index is -0.763. The predicted octanol–water partition coefficient (Wildman–Crippen LogP) is 6.64. The second-order valence-corrected chi connectivity index (χ2v) is 11.6. The van der Waals surface area contributed by atoms with Gasteiger partial charge in [-0.25, -0.2) is 13.8 Å². The number of fused-ring (bicyclic) bond motifs is 2. The molecule has 2 aromatic heterocycles. The van der Waals surface area contributed by atoms with Gasteiger partial charge >= 0.3 is 6.01 Å². The highest BCUT2D eigenvalue weighted by Gasteiger charge is 2.45. The van der Waals surface area contributed by atoms with Gasteiger partial charge < -0.3 is 24.6 Å². The monoisotopic (exact) mass is 637 g/mol. The maximum absolute atomic E-state index is 16.7. The lowest BCUT2D eigenvalue weighted by molar-refractivity contribution is 0.108. The van der Waals surface area contributed by atoms with Gasteiger partial charge in [0.1, 0.15) is 47.2 Å². The van der Waals surface area contributed by atoms with Gasteiger partial charge in [-0.15, -0.1) is 0 Å². The Hall–Kier alpha value is -3.83. The zero-order valence-electron chi connectivity index (χ0n) is 27.7. The van der Waals surface area contributed by atoms with E-state index in [2.05, 4.69) is 19.9 Å². The van der Waals surface area contributed by atoms with Gasteiger partial charge in [0.15, 0.2) is 5.82 Å². The van der Waals surface area contributed by atoms with Gasteiger partial charge in [-0.05, 0) is 79.7 Å². The number of halogens is 2. The first-order valence-corrected chi connectivity index (χ1v) is 16.5. The molecule has 2 aromatic carbocycles. The van der Waals surface area contributed by atoms with Gasteiger partial charge in [0.25, 0.3) is 0 Å². The molecule has 46 heavy (non-hydrogen) atoms. The van der Waals surface area contributed by atoms with E-state index >= 15 is 4.39 Å². The number of anilines is 1. The second kappa shape index (κ2) is 13.9. The summed E-state index contributed by atoms with van der Waals surface area (Å²) < 4.78 is 43.9. The summed E-state index contributed by atoms with van der Waals surface area (Å²) in [6, 6.07) is 5.35. The summed E-state index contributed by atoms with van der Waals surface area (Å²) in [5.74, 6) is -0.863. The van der Waals surface area contributed by atoms with Crippen molar-refractivity contribution in [2.24, 2.45) is 0 Å². The van der Waals surface area contributed by atoms with Crippen molar-refractivity contribution in [1.82, 2.24) is 19.9 Å². The Morgan fingerprint density at radius 2 is 1.74 bits per heavy atom. The standard InChI is InChI=1S/C31H33F2N5O4.2C2H6/c1-3-20-22(32)7-6-17-12-19(40)13-21(23(17)20)26-25(33)27-24-28(37(2)18(14-39)15-41-29(24)34-26)36-30(35-27)42-16-31-8-4-10-38(31)11-5-9-31;2*1-2/h6-7,12-13,18,39-40H,3-5,8-11,14-16H2,1-2H3;2*1-2H3. The van der Waals surface area contributed by atoms with Crippen LogP contribution in [0, 0.1) is 11.6 Å². The number of aryl methyl sites for hydroxylation is 1. The first kappa shape index (κ1) is 33.5. The van der Waals surface area contributed by atoms with Gasteiger partial charge in [0.05, 0.1) is 18.2 Å². The van der Waals surface area contributed by atoms with Gasteiger partial charge in [0, 0.05) is 12.6 Å². The molecule has 0 spiro atoms. The Balaban J connectivity index is 0.00000100. The van der Waals surface area contributed by atoms with Crippen LogP contribution in [0.2, 0.25) is 0 Å². The van der Waals surface area contributed by atoms with E-state index in [4.69, 9.17) is 9.47 Å². The quantitative estimate of drug-likeness (QED) is 0.241. The lowest BCUT2D eigenvalue weighted by Crippen LogP contribution is -2.43. The van der Waals surface area contributed by atoms with Crippen LogP contribution in [0.4, 0.5) is 14.6 Å². The first-order valence-electron chi connectivity index (χ1n) is 16.5. The SMILES string of the molecule is CC.CC.CCc1c(F)ccc2cc(O)cc(-c3nc4c5c(nc(OCC67CCCN6CCC7)nc5c3F)N(C)C(CO)CO4)c12. The molecular formula is C35H45F2N5O4. The van der Waals surface area contributed by atoms with E-state index in [-0.39, 0.29) is 58.6 Å². The van der Waals surface area contributed by atoms with Crippen LogP contribution in [0.15, 0.2) is 24.3 Å². The molecule has 1 atom stereocenters. The molecule has 5 heterocycles. The molecule has 1 unspecified atom stereocenters. The Labute approximate surface area is 269 Å². The summed E-state index contributed by atoms with van der Waals surface area (Å²) in [7, 11) is 1.75. The van der Waals surface area contributed by atoms with E-state index in [0.29, 0.717) is 35.2 Å².